The van der Waals surface area contributed by atoms with Crippen LogP contribution in [-0.4, -0.2) is 41.1 Å². The minimum atomic E-state index is -4.50. The van der Waals surface area contributed by atoms with E-state index in [1.54, 1.807) is 4.90 Å². The summed E-state index contributed by atoms with van der Waals surface area (Å²) in [5.74, 6) is -0.315. The molecular weight excluding hydrogens is 317 g/mol. The molecule has 122 valence electrons. The van der Waals surface area contributed by atoms with Gasteiger partial charge in [-0.25, -0.2) is 4.98 Å². The minimum Gasteiger partial charge on any atom is -0.381 e. The smallest absolute Gasteiger partial charge is 0.381 e. The van der Waals surface area contributed by atoms with Crippen LogP contribution in [0.1, 0.15) is 46.1 Å². The van der Waals surface area contributed by atoms with Crippen molar-refractivity contribution >= 4 is 17.2 Å². The summed E-state index contributed by atoms with van der Waals surface area (Å²) in [6.45, 7) is 3.25. The molecule has 2 aliphatic heterocycles. The van der Waals surface area contributed by atoms with E-state index in [0.717, 1.165) is 25.7 Å². The van der Waals surface area contributed by atoms with Crippen LogP contribution in [0.25, 0.3) is 0 Å². The summed E-state index contributed by atoms with van der Waals surface area (Å²) < 4.78 is 43.7. The largest absolute Gasteiger partial charge is 0.443 e. The third-order valence-electron chi connectivity index (χ3n) is 4.50. The molecule has 4 nitrogen and oxygen atoms in total. The number of rotatable bonds is 1. The van der Waals surface area contributed by atoms with Gasteiger partial charge >= 0.3 is 6.18 Å². The first kappa shape index (κ1) is 15.7. The van der Waals surface area contributed by atoms with Gasteiger partial charge in [-0.3, -0.25) is 4.79 Å². The van der Waals surface area contributed by atoms with Crippen LogP contribution in [0.15, 0.2) is 0 Å². The van der Waals surface area contributed by atoms with Gasteiger partial charge in [0.05, 0.1) is 5.69 Å². The van der Waals surface area contributed by atoms with Gasteiger partial charge in [0.15, 0.2) is 5.01 Å². The van der Waals surface area contributed by atoms with Crippen LogP contribution in [0.5, 0.6) is 0 Å². The summed E-state index contributed by atoms with van der Waals surface area (Å²) in [4.78, 5) is 18.2. The summed E-state index contributed by atoms with van der Waals surface area (Å²) >= 11 is 0.450. The van der Waals surface area contributed by atoms with E-state index >= 15 is 0 Å². The molecule has 8 heteroatoms. The van der Waals surface area contributed by atoms with Gasteiger partial charge in [0, 0.05) is 25.3 Å². The molecule has 0 unspecified atom stereocenters. The fourth-order valence-corrected chi connectivity index (χ4v) is 4.25. The number of alkyl halides is 3. The highest BCUT2D eigenvalue weighted by atomic mass is 32.1. The third-order valence-corrected chi connectivity index (χ3v) is 5.69. The number of amides is 1. The molecule has 0 aliphatic carbocycles. The maximum atomic E-state index is 12.8. The molecule has 0 bridgehead atoms. The molecule has 3 rings (SSSR count). The lowest BCUT2D eigenvalue weighted by Gasteiger charge is -2.41. The fourth-order valence-electron chi connectivity index (χ4n) is 3.37. The quantitative estimate of drug-likeness (QED) is 0.792. The zero-order valence-corrected chi connectivity index (χ0v) is 13.0. The molecule has 0 aromatic carbocycles. The van der Waals surface area contributed by atoms with Crippen molar-refractivity contribution in [1.82, 2.24) is 9.88 Å². The molecule has 22 heavy (non-hydrogen) atoms. The third kappa shape index (κ3) is 2.62. The Morgan fingerprint density at radius 1 is 1.32 bits per heavy atom. The number of aryl methyl sites for hydroxylation is 1. The van der Waals surface area contributed by atoms with E-state index in [9.17, 15) is 18.0 Å². The fraction of sp³-hybridized carbons (Fsp3) is 0.714. The Morgan fingerprint density at radius 2 is 2.00 bits per heavy atom. The van der Waals surface area contributed by atoms with Crippen molar-refractivity contribution in [3.63, 3.8) is 0 Å². The van der Waals surface area contributed by atoms with E-state index in [1.165, 1.54) is 6.92 Å². The van der Waals surface area contributed by atoms with Crippen molar-refractivity contribution < 1.29 is 22.7 Å². The minimum absolute atomic E-state index is 0.111. The Kier molecular flexibility index (Phi) is 3.92. The Hall–Kier alpha value is -1.15. The van der Waals surface area contributed by atoms with Gasteiger partial charge in [0.1, 0.15) is 4.88 Å². The lowest BCUT2D eigenvalue weighted by Crippen LogP contribution is -2.50. The van der Waals surface area contributed by atoms with Crippen LogP contribution >= 0.6 is 11.3 Å². The van der Waals surface area contributed by atoms with Gasteiger partial charge in [-0.05, 0) is 32.6 Å². The highest BCUT2D eigenvalue weighted by Gasteiger charge is 2.46. The Balaban J connectivity index is 1.89. The number of hydrogen-bond donors (Lipinski definition) is 0. The van der Waals surface area contributed by atoms with E-state index in [0.29, 0.717) is 31.1 Å². The van der Waals surface area contributed by atoms with Crippen LogP contribution in [0.3, 0.4) is 0 Å². The Bertz CT molecular complexity index is 579. The zero-order valence-electron chi connectivity index (χ0n) is 12.2. The maximum Gasteiger partial charge on any atom is 0.443 e. The van der Waals surface area contributed by atoms with Crippen molar-refractivity contribution in [1.29, 1.82) is 0 Å². The molecular formula is C14H17F3N2O2S. The predicted octanol–water partition coefficient (Wildman–Crippen LogP) is 3.26. The van der Waals surface area contributed by atoms with Gasteiger partial charge in [0.25, 0.3) is 5.91 Å². The molecule has 1 spiro atoms. The second-order valence-corrected chi connectivity index (χ2v) is 6.83. The number of carbonyl (C=O) groups excluding carboxylic acids is 1. The zero-order chi connectivity index (χ0) is 16.0. The summed E-state index contributed by atoms with van der Waals surface area (Å²) in [5, 5.41) is -0.950. The summed E-state index contributed by atoms with van der Waals surface area (Å²) in [7, 11) is 0. The molecule has 0 saturated carbocycles. The van der Waals surface area contributed by atoms with Gasteiger partial charge in [-0.1, -0.05) is 0 Å². The number of thiazole rings is 1. The van der Waals surface area contributed by atoms with Gasteiger partial charge in [-0.15, -0.1) is 11.3 Å². The molecule has 0 radical (unpaired) electrons. The van der Waals surface area contributed by atoms with Crippen molar-refractivity contribution in [2.45, 2.75) is 44.3 Å². The number of hydrogen-bond acceptors (Lipinski definition) is 4. The molecule has 1 aromatic rings. The van der Waals surface area contributed by atoms with E-state index in [1.807, 2.05) is 0 Å². The van der Waals surface area contributed by atoms with Crippen molar-refractivity contribution in [2.75, 3.05) is 19.8 Å². The summed E-state index contributed by atoms with van der Waals surface area (Å²) in [5.41, 5.74) is -0.0825. The van der Waals surface area contributed by atoms with Gasteiger partial charge in [-0.2, -0.15) is 13.2 Å². The lowest BCUT2D eigenvalue weighted by atomic mass is 9.87. The van der Waals surface area contributed by atoms with Crippen molar-refractivity contribution in [3.05, 3.63) is 15.6 Å². The van der Waals surface area contributed by atoms with Crippen LogP contribution in [0, 0.1) is 6.92 Å². The maximum absolute atomic E-state index is 12.8. The average molecular weight is 334 g/mol. The number of carbonyl (C=O) groups is 1. The normalized spacial score (nSPS) is 21.5. The molecule has 3 heterocycles. The summed E-state index contributed by atoms with van der Waals surface area (Å²) in [6.07, 6.45) is -1.22. The van der Waals surface area contributed by atoms with Crippen LogP contribution < -0.4 is 0 Å². The first-order chi connectivity index (χ1) is 10.3. The molecule has 0 atom stereocenters. The molecule has 2 fully saturated rings. The number of halogens is 3. The van der Waals surface area contributed by atoms with Crippen LogP contribution in [-0.2, 0) is 10.9 Å². The number of aromatic nitrogens is 1. The Labute approximate surface area is 130 Å². The predicted molar refractivity (Wildman–Crippen MR) is 74.9 cm³/mol. The second-order valence-electron chi connectivity index (χ2n) is 5.83. The Morgan fingerprint density at radius 3 is 2.59 bits per heavy atom. The number of nitrogens with zero attached hydrogens (tertiary/aromatic N) is 2. The van der Waals surface area contributed by atoms with Gasteiger partial charge < -0.3 is 9.64 Å². The van der Waals surface area contributed by atoms with Crippen LogP contribution in [0.4, 0.5) is 13.2 Å². The number of ether oxygens (including phenoxy) is 1. The lowest BCUT2D eigenvalue weighted by molar-refractivity contribution is -0.137. The van der Waals surface area contributed by atoms with E-state index in [4.69, 9.17) is 4.74 Å². The molecule has 1 aromatic heterocycles. The highest BCUT2D eigenvalue weighted by molar-refractivity contribution is 7.13. The first-order valence-corrected chi connectivity index (χ1v) is 8.09. The second kappa shape index (κ2) is 5.49. The van der Waals surface area contributed by atoms with Gasteiger partial charge in [0.2, 0.25) is 0 Å². The standard InChI is InChI=1S/C14H17F3N2O2S/c1-9-10(22-12(18-9)14(15,16)17)11(20)19-6-2-3-13(19)4-7-21-8-5-13/h2-8H2,1H3. The first-order valence-electron chi connectivity index (χ1n) is 7.28. The van der Waals surface area contributed by atoms with Crippen molar-refractivity contribution in [2.24, 2.45) is 0 Å². The molecule has 2 aliphatic rings. The molecule has 2 saturated heterocycles. The van der Waals surface area contributed by atoms with Crippen LogP contribution in [0.2, 0.25) is 0 Å². The monoisotopic (exact) mass is 334 g/mol. The van der Waals surface area contributed by atoms with E-state index in [-0.39, 0.29) is 22.0 Å². The summed E-state index contributed by atoms with van der Waals surface area (Å²) in [6, 6.07) is 0. The molecule has 1 amide bonds. The highest BCUT2D eigenvalue weighted by Crippen LogP contribution is 2.41. The van der Waals surface area contributed by atoms with E-state index < -0.39 is 11.2 Å². The number of likely N-dealkylation sites (tertiary alicyclic amines) is 1. The topological polar surface area (TPSA) is 42.4 Å². The molecule has 0 N–H and O–H groups in total. The van der Waals surface area contributed by atoms with Crippen molar-refractivity contribution in [3.8, 4) is 0 Å². The average Bonchev–Trinajstić information content (AvgIpc) is 3.03. The SMILES string of the molecule is Cc1nc(C(F)(F)F)sc1C(=O)N1CCCC12CCOCC2. The van der Waals surface area contributed by atoms with E-state index in [2.05, 4.69) is 4.98 Å².